The molecule has 0 aliphatic rings. The van der Waals surface area contributed by atoms with Crippen LogP contribution in [0.2, 0.25) is 0 Å². The summed E-state index contributed by atoms with van der Waals surface area (Å²) in [4.78, 5) is 25.0. The molecule has 1 aromatic carbocycles. The van der Waals surface area contributed by atoms with E-state index in [2.05, 4.69) is 0 Å². The van der Waals surface area contributed by atoms with Crippen molar-refractivity contribution in [1.29, 1.82) is 0 Å². The molecule has 0 atom stereocenters. The van der Waals surface area contributed by atoms with E-state index in [1.807, 2.05) is 0 Å². The quantitative estimate of drug-likeness (QED) is 0.919. The molecule has 104 valence electrons. The number of hydrogen-bond acceptors (Lipinski definition) is 4. The molecule has 0 aliphatic heterocycles. The number of carboxylic acids is 1. The number of carbonyl (C=O) groups is 2. The van der Waals surface area contributed by atoms with Crippen LogP contribution in [0.5, 0.6) is 5.75 Å². The van der Waals surface area contributed by atoms with Crippen LogP contribution in [-0.2, 0) is 4.79 Å². The van der Waals surface area contributed by atoms with Crippen LogP contribution in [0.4, 0.5) is 5.69 Å². The molecule has 1 N–H and O–H groups in total. The van der Waals surface area contributed by atoms with Crippen molar-refractivity contribution >= 4 is 28.9 Å². The number of amides is 1. The molecule has 2 aromatic rings. The molecule has 20 heavy (non-hydrogen) atoms. The number of carboxylic acid groups (broad SMARTS) is 1. The molecule has 0 saturated carbocycles. The smallest absolute Gasteiger partial charge is 0.323 e. The Hall–Kier alpha value is -2.34. The Morgan fingerprint density at radius 2 is 1.95 bits per heavy atom. The van der Waals surface area contributed by atoms with Crippen LogP contribution in [0.15, 0.2) is 41.8 Å². The van der Waals surface area contributed by atoms with E-state index >= 15 is 0 Å². The number of rotatable bonds is 5. The van der Waals surface area contributed by atoms with Gasteiger partial charge in [-0.15, -0.1) is 11.3 Å². The normalized spacial score (nSPS) is 10.1. The Kier molecular flexibility index (Phi) is 4.37. The van der Waals surface area contributed by atoms with Crippen molar-refractivity contribution in [2.45, 2.75) is 0 Å². The van der Waals surface area contributed by atoms with Crippen molar-refractivity contribution in [2.75, 3.05) is 18.6 Å². The van der Waals surface area contributed by atoms with Crippen molar-refractivity contribution in [2.24, 2.45) is 0 Å². The van der Waals surface area contributed by atoms with Gasteiger partial charge in [0.1, 0.15) is 12.3 Å². The van der Waals surface area contributed by atoms with Crippen LogP contribution in [-0.4, -0.2) is 30.6 Å². The van der Waals surface area contributed by atoms with Gasteiger partial charge in [-0.05, 0) is 35.7 Å². The number of benzene rings is 1. The first-order valence-electron chi connectivity index (χ1n) is 5.83. The molecule has 6 heteroatoms. The van der Waals surface area contributed by atoms with E-state index in [4.69, 9.17) is 9.84 Å². The van der Waals surface area contributed by atoms with Crippen LogP contribution >= 0.6 is 11.3 Å². The monoisotopic (exact) mass is 291 g/mol. The van der Waals surface area contributed by atoms with Crippen LogP contribution in [0, 0.1) is 0 Å². The second-order valence-corrected chi connectivity index (χ2v) is 4.91. The predicted octanol–water partition coefficient (Wildman–Crippen LogP) is 2.49. The first-order valence-corrected chi connectivity index (χ1v) is 6.71. The fraction of sp³-hybridized carbons (Fsp3) is 0.143. The largest absolute Gasteiger partial charge is 0.497 e. The second-order valence-electron chi connectivity index (χ2n) is 3.96. The van der Waals surface area contributed by atoms with Crippen molar-refractivity contribution in [3.8, 4) is 5.75 Å². The van der Waals surface area contributed by atoms with Gasteiger partial charge in [0.15, 0.2) is 0 Å². The van der Waals surface area contributed by atoms with Crippen molar-refractivity contribution in [3.05, 3.63) is 46.7 Å². The summed E-state index contributed by atoms with van der Waals surface area (Å²) in [5, 5.41) is 10.8. The van der Waals surface area contributed by atoms with E-state index in [-0.39, 0.29) is 12.5 Å². The number of anilines is 1. The Morgan fingerprint density at radius 1 is 1.25 bits per heavy atom. The fourth-order valence-electron chi connectivity index (χ4n) is 1.71. The minimum atomic E-state index is -1.06. The minimum Gasteiger partial charge on any atom is -0.497 e. The van der Waals surface area contributed by atoms with E-state index in [1.165, 1.54) is 16.2 Å². The highest BCUT2D eigenvalue weighted by atomic mass is 32.1. The molecule has 0 radical (unpaired) electrons. The molecule has 2 rings (SSSR count). The van der Waals surface area contributed by atoms with Gasteiger partial charge < -0.3 is 9.84 Å². The van der Waals surface area contributed by atoms with Gasteiger partial charge in [0.25, 0.3) is 5.91 Å². The SMILES string of the molecule is COc1ccc(N(CC(=O)O)C(=O)c2cccs2)cc1. The molecular formula is C14H13NO4S. The Bertz CT molecular complexity index is 592. The van der Waals surface area contributed by atoms with Gasteiger partial charge in [-0.25, -0.2) is 0 Å². The maximum absolute atomic E-state index is 12.3. The molecular weight excluding hydrogens is 278 g/mol. The lowest BCUT2D eigenvalue weighted by molar-refractivity contribution is -0.135. The second kappa shape index (κ2) is 6.21. The average Bonchev–Trinajstić information content (AvgIpc) is 2.98. The number of thiophene rings is 1. The van der Waals surface area contributed by atoms with Crippen LogP contribution in [0.25, 0.3) is 0 Å². The Labute approximate surface area is 120 Å². The zero-order valence-electron chi connectivity index (χ0n) is 10.8. The Morgan fingerprint density at radius 3 is 2.45 bits per heavy atom. The van der Waals surface area contributed by atoms with Gasteiger partial charge in [-0.1, -0.05) is 6.07 Å². The summed E-state index contributed by atoms with van der Waals surface area (Å²) >= 11 is 1.28. The fourth-order valence-corrected chi connectivity index (χ4v) is 2.38. The van der Waals surface area contributed by atoms with Crippen LogP contribution in [0.1, 0.15) is 9.67 Å². The van der Waals surface area contributed by atoms with E-state index < -0.39 is 5.97 Å². The summed E-state index contributed by atoms with van der Waals surface area (Å²) in [5.41, 5.74) is 0.520. The highest BCUT2D eigenvalue weighted by Gasteiger charge is 2.21. The van der Waals surface area contributed by atoms with Gasteiger partial charge in [-0.2, -0.15) is 0 Å². The first-order chi connectivity index (χ1) is 9.61. The topological polar surface area (TPSA) is 66.8 Å². The number of aliphatic carboxylic acids is 1. The number of nitrogens with zero attached hydrogens (tertiary/aromatic N) is 1. The summed E-state index contributed by atoms with van der Waals surface area (Å²) < 4.78 is 5.05. The predicted molar refractivity (Wildman–Crippen MR) is 76.6 cm³/mol. The maximum atomic E-state index is 12.3. The molecule has 5 nitrogen and oxygen atoms in total. The average molecular weight is 291 g/mol. The molecule has 1 amide bonds. The van der Waals surface area contributed by atoms with Gasteiger partial charge in [0.2, 0.25) is 0 Å². The molecule has 1 aromatic heterocycles. The van der Waals surface area contributed by atoms with Crippen molar-refractivity contribution < 1.29 is 19.4 Å². The molecule has 0 saturated heterocycles. The Balaban J connectivity index is 2.31. The van der Waals surface area contributed by atoms with Gasteiger partial charge in [0, 0.05) is 5.69 Å². The lowest BCUT2D eigenvalue weighted by Gasteiger charge is -2.20. The third-order valence-corrected chi connectivity index (χ3v) is 3.51. The van der Waals surface area contributed by atoms with E-state index in [0.717, 1.165) is 0 Å². The van der Waals surface area contributed by atoms with Crippen molar-refractivity contribution in [1.82, 2.24) is 0 Å². The third-order valence-electron chi connectivity index (χ3n) is 2.65. The van der Waals surface area contributed by atoms with Crippen LogP contribution in [0.3, 0.4) is 0 Å². The lowest BCUT2D eigenvalue weighted by atomic mass is 10.2. The molecule has 0 spiro atoms. The first kappa shape index (κ1) is 14.1. The summed E-state index contributed by atoms with van der Waals surface area (Å²) in [6, 6.07) is 10.1. The van der Waals surface area contributed by atoms with Gasteiger partial charge >= 0.3 is 5.97 Å². The highest BCUT2D eigenvalue weighted by Crippen LogP contribution is 2.22. The zero-order chi connectivity index (χ0) is 14.5. The number of carbonyl (C=O) groups excluding carboxylic acids is 1. The summed E-state index contributed by atoms with van der Waals surface area (Å²) in [6.07, 6.45) is 0. The van der Waals surface area contributed by atoms with Crippen LogP contribution < -0.4 is 9.64 Å². The van der Waals surface area contributed by atoms with E-state index in [0.29, 0.717) is 16.3 Å². The molecule has 1 heterocycles. The molecule has 0 aliphatic carbocycles. The highest BCUT2D eigenvalue weighted by molar-refractivity contribution is 7.12. The van der Waals surface area contributed by atoms with Crippen molar-refractivity contribution in [3.63, 3.8) is 0 Å². The summed E-state index contributed by atoms with van der Waals surface area (Å²) in [7, 11) is 1.54. The minimum absolute atomic E-state index is 0.326. The lowest BCUT2D eigenvalue weighted by Crippen LogP contribution is -2.35. The van der Waals surface area contributed by atoms with Gasteiger partial charge in [0.05, 0.1) is 12.0 Å². The molecule has 0 unspecified atom stereocenters. The summed E-state index contributed by atoms with van der Waals surface area (Å²) in [6.45, 7) is -0.386. The third kappa shape index (κ3) is 3.16. The zero-order valence-corrected chi connectivity index (χ0v) is 11.6. The van der Waals surface area contributed by atoms with Gasteiger partial charge in [-0.3, -0.25) is 14.5 Å². The standard InChI is InChI=1S/C14H13NO4S/c1-19-11-6-4-10(5-7-11)15(9-13(16)17)14(18)12-3-2-8-20-12/h2-8H,9H2,1H3,(H,16,17). The molecule has 0 fully saturated rings. The van der Waals surface area contributed by atoms with E-state index in [1.54, 1.807) is 48.9 Å². The summed E-state index contributed by atoms with van der Waals surface area (Å²) in [5.74, 6) is -0.745. The maximum Gasteiger partial charge on any atom is 0.323 e. The molecule has 0 bridgehead atoms. The number of ether oxygens (including phenoxy) is 1. The van der Waals surface area contributed by atoms with E-state index in [9.17, 15) is 9.59 Å². The number of hydrogen-bond donors (Lipinski definition) is 1. The number of methoxy groups -OCH3 is 1.